The van der Waals surface area contributed by atoms with Gasteiger partial charge in [-0.05, 0) is 75.2 Å². The van der Waals surface area contributed by atoms with Gasteiger partial charge in [-0.1, -0.05) is 30.9 Å². The summed E-state index contributed by atoms with van der Waals surface area (Å²) >= 11 is 6.24. The highest BCUT2D eigenvalue weighted by Crippen LogP contribution is 2.31. The van der Waals surface area contributed by atoms with Crippen molar-refractivity contribution in [2.45, 2.75) is 58.1 Å². The van der Waals surface area contributed by atoms with Crippen molar-refractivity contribution in [1.29, 1.82) is 0 Å². The predicted molar refractivity (Wildman–Crippen MR) is 141 cm³/mol. The van der Waals surface area contributed by atoms with Crippen LogP contribution in [-0.4, -0.2) is 47.8 Å². The standard InChI is InChI=1S/C28H30ClN3O5/c1-17(2)37-28(36)19-11-15-22(16-12-19)32-26(34)23(29)24(27(32)35)30-20-13-9-18(10-14-20)25(33)31(3)21-7-5-4-6-8-21/h9-17,21,30H,4-8H2,1-3H3. The number of anilines is 2. The van der Waals surface area contributed by atoms with E-state index in [2.05, 4.69) is 5.32 Å². The normalized spacial score (nSPS) is 16.4. The third-order valence-electron chi connectivity index (χ3n) is 6.58. The molecule has 194 valence electrons. The fourth-order valence-corrected chi connectivity index (χ4v) is 4.77. The van der Waals surface area contributed by atoms with Crippen molar-refractivity contribution in [3.05, 3.63) is 70.4 Å². The van der Waals surface area contributed by atoms with E-state index in [4.69, 9.17) is 16.3 Å². The number of imide groups is 1. The Bertz CT molecular complexity index is 1230. The first-order valence-corrected chi connectivity index (χ1v) is 12.8. The molecule has 4 rings (SSSR count). The van der Waals surface area contributed by atoms with Gasteiger partial charge in [0, 0.05) is 24.3 Å². The maximum atomic E-state index is 13.1. The number of carbonyl (C=O) groups excluding carboxylic acids is 4. The SMILES string of the molecule is CC(C)OC(=O)c1ccc(N2C(=O)C(Cl)=C(Nc3ccc(C(=O)N(C)C4CCCCC4)cc3)C2=O)cc1. The van der Waals surface area contributed by atoms with Gasteiger partial charge in [-0.25, -0.2) is 9.69 Å². The molecular weight excluding hydrogens is 494 g/mol. The third kappa shape index (κ3) is 5.69. The summed E-state index contributed by atoms with van der Waals surface area (Å²) in [6.45, 7) is 3.49. The zero-order valence-corrected chi connectivity index (χ0v) is 21.9. The lowest BCUT2D eigenvalue weighted by molar-refractivity contribution is -0.120. The molecule has 1 saturated carbocycles. The topological polar surface area (TPSA) is 96.0 Å². The zero-order chi connectivity index (χ0) is 26.7. The van der Waals surface area contributed by atoms with Gasteiger partial charge in [0.05, 0.1) is 17.4 Å². The monoisotopic (exact) mass is 523 g/mol. The smallest absolute Gasteiger partial charge is 0.338 e. The van der Waals surface area contributed by atoms with E-state index in [1.807, 2.05) is 11.9 Å². The Labute approximate surface area is 221 Å². The predicted octanol–water partition coefficient (Wildman–Crippen LogP) is 5.09. The molecule has 0 radical (unpaired) electrons. The molecule has 3 amide bonds. The summed E-state index contributed by atoms with van der Waals surface area (Å²) in [6.07, 6.45) is 5.26. The first-order valence-electron chi connectivity index (χ1n) is 12.4. The molecule has 0 spiro atoms. The summed E-state index contributed by atoms with van der Waals surface area (Å²) in [5, 5.41) is 2.67. The fraction of sp³-hybridized carbons (Fsp3) is 0.357. The number of hydrogen-bond donors (Lipinski definition) is 1. The molecule has 0 atom stereocenters. The molecule has 0 aromatic heterocycles. The minimum atomic E-state index is -0.674. The van der Waals surface area contributed by atoms with Crippen LogP contribution in [0, 0.1) is 0 Å². The van der Waals surface area contributed by atoms with Crippen LogP contribution in [0.1, 0.15) is 66.7 Å². The minimum absolute atomic E-state index is 0.0466. The number of amides is 3. The maximum absolute atomic E-state index is 13.1. The van der Waals surface area contributed by atoms with Gasteiger partial charge in [-0.3, -0.25) is 14.4 Å². The molecule has 37 heavy (non-hydrogen) atoms. The Hall–Kier alpha value is -3.65. The Morgan fingerprint density at radius 1 is 0.946 bits per heavy atom. The van der Waals surface area contributed by atoms with E-state index < -0.39 is 17.8 Å². The largest absolute Gasteiger partial charge is 0.459 e. The van der Waals surface area contributed by atoms with Crippen molar-refractivity contribution in [3.63, 3.8) is 0 Å². The third-order valence-corrected chi connectivity index (χ3v) is 6.93. The van der Waals surface area contributed by atoms with Crippen molar-refractivity contribution in [3.8, 4) is 0 Å². The van der Waals surface area contributed by atoms with Crippen molar-refractivity contribution in [2.75, 3.05) is 17.3 Å². The Morgan fingerprint density at radius 3 is 2.14 bits per heavy atom. The average Bonchev–Trinajstić information content (AvgIpc) is 3.11. The van der Waals surface area contributed by atoms with Crippen LogP contribution in [0.2, 0.25) is 0 Å². The van der Waals surface area contributed by atoms with Crippen LogP contribution in [0.15, 0.2) is 59.3 Å². The molecule has 0 saturated heterocycles. The number of nitrogens with one attached hydrogen (secondary N) is 1. The number of esters is 1. The van der Waals surface area contributed by atoms with Crippen LogP contribution in [-0.2, 0) is 14.3 Å². The molecule has 9 heteroatoms. The number of carbonyl (C=O) groups is 4. The first kappa shape index (κ1) is 26.4. The summed E-state index contributed by atoms with van der Waals surface area (Å²) in [5.41, 5.74) is 1.58. The molecule has 2 aromatic carbocycles. The second kappa shape index (κ2) is 11.2. The van der Waals surface area contributed by atoms with Crippen LogP contribution >= 0.6 is 11.6 Å². The Kier molecular flexibility index (Phi) is 7.97. The number of nitrogens with zero attached hydrogens (tertiary/aromatic N) is 2. The summed E-state index contributed by atoms with van der Waals surface area (Å²) in [5.74, 6) is -1.84. The van der Waals surface area contributed by atoms with Gasteiger partial charge in [0.25, 0.3) is 17.7 Å². The lowest BCUT2D eigenvalue weighted by Gasteiger charge is -2.31. The van der Waals surface area contributed by atoms with Crippen LogP contribution < -0.4 is 10.2 Å². The minimum Gasteiger partial charge on any atom is -0.459 e. The molecule has 1 aliphatic carbocycles. The number of hydrogen-bond acceptors (Lipinski definition) is 6. The van der Waals surface area contributed by atoms with E-state index in [-0.39, 0.29) is 34.5 Å². The van der Waals surface area contributed by atoms with Crippen LogP contribution in [0.4, 0.5) is 11.4 Å². The highest BCUT2D eigenvalue weighted by Gasteiger charge is 2.39. The van der Waals surface area contributed by atoms with E-state index in [0.29, 0.717) is 16.8 Å². The molecule has 1 heterocycles. The number of ether oxygens (including phenoxy) is 1. The summed E-state index contributed by atoms with van der Waals surface area (Å²) < 4.78 is 5.16. The van der Waals surface area contributed by atoms with E-state index in [0.717, 1.165) is 30.6 Å². The fourth-order valence-electron chi connectivity index (χ4n) is 4.55. The molecular formula is C28H30ClN3O5. The van der Waals surface area contributed by atoms with Crippen molar-refractivity contribution in [2.24, 2.45) is 0 Å². The van der Waals surface area contributed by atoms with Gasteiger partial charge >= 0.3 is 5.97 Å². The number of benzene rings is 2. The molecule has 0 unspecified atom stereocenters. The molecule has 8 nitrogen and oxygen atoms in total. The average molecular weight is 524 g/mol. The highest BCUT2D eigenvalue weighted by atomic mass is 35.5. The summed E-state index contributed by atoms with van der Waals surface area (Å²) in [7, 11) is 1.84. The lowest BCUT2D eigenvalue weighted by Crippen LogP contribution is -2.38. The molecule has 1 aliphatic heterocycles. The quantitative estimate of drug-likeness (QED) is 0.401. The van der Waals surface area contributed by atoms with Crippen molar-refractivity contribution >= 4 is 46.7 Å². The van der Waals surface area contributed by atoms with E-state index in [9.17, 15) is 19.2 Å². The second-order valence-electron chi connectivity index (χ2n) is 9.55. The maximum Gasteiger partial charge on any atom is 0.338 e. The van der Waals surface area contributed by atoms with E-state index in [1.54, 1.807) is 38.1 Å². The molecule has 1 N–H and O–H groups in total. The number of rotatable bonds is 7. The molecule has 2 aliphatic rings. The lowest BCUT2D eigenvalue weighted by atomic mass is 9.94. The van der Waals surface area contributed by atoms with Crippen LogP contribution in [0.25, 0.3) is 0 Å². The summed E-state index contributed by atoms with van der Waals surface area (Å²) in [6, 6.07) is 12.9. The Balaban J connectivity index is 1.44. The van der Waals surface area contributed by atoms with Gasteiger partial charge in [-0.15, -0.1) is 0 Å². The second-order valence-corrected chi connectivity index (χ2v) is 9.92. The number of halogens is 1. The Morgan fingerprint density at radius 2 is 1.54 bits per heavy atom. The van der Waals surface area contributed by atoms with E-state index in [1.165, 1.54) is 30.7 Å². The molecule has 0 bridgehead atoms. The molecule has 1 fully saturated rings. The summed E-state index contributed by atoms with van der Waals surface area (Å²) in [4.78, 5) is 53.6. The van der Waals surface area contributed by atoms with Gasteiger partial charge in [0.2, 0.25) is 0 Å². The van der Waals surface area contributed by atoms with Gasteiger partial charge < -0.3 is 15.0 Å². The first-order chi connectivity index (χ1) is 17.7. The zero-order valence-electron chi connectivity index (χ0n) is 21.1. The van der Waals surface area contributed by atoms with Gasteiger partial charge in [0.1, 0.15) is 10.7 Å². The van der Waals surface area contributed by atoms with Crippen LogP contribution in [0.3, 0.4) is 0 Å². The van der Waals surface area contributed by atoms with Crippen molar-refractivity contribution < 1.29 is 23.9 Å². The molecule has 2 aromatic rings. The van der Waals surface area contributed by atoms with Gasteiger partial charge in [-0.2, -0.15) is 0 Å². The van der Waals surface area contributed by atoms with Crippen molar-refractivity contribution in [1.82, 2.24) is 4.90 Å². The van der Waals surface area contributed by atoms with E-state index >= 15 is 0 Å². The van der Waals surface area contributed by atoms with Crippen LogP contribution in [0.5, 0.6) is 0 Å². The van der Waals surface area contributed by atoms with Gasteiger partial charge in [0.15, 0.2) is 0 Å². The highest BCUT2D eigenvalue weighted by molar-refractivity contribution is 6.53.